The highest BCUT2D eigenvalue weighted by molar-refractivity contribution is 5.86. The summed E-state index contributed by atoms with van der Waals surface area (Å²) in [5, 5.41) is 4.21. The number of nitrogens with zero attached hydrogens (tertiary/aromatic N) is 4. The normalized spacial score (nSPS) is 18.9. The Morgan fingerprint density at radius 2 is 2.09 bits per heavy atom. The van der Waals surface area contributed by atoms with Gasteiger partial charge in [0.25, 0.3) is 0 Å². The third-order valence-electron chi connectivity index (χ3n) is 4.30. The van der Waals surface area contributed by atoms with Crippen molar-refractivity contribution in [3.63, 3.8) is 0 Å². The Hall–Kier alpha value is -1.11. The lowest BCUT2D eigenvalue weighted by Gasteiger charge is -2.31. The highest BCUT2D eigenvalue weighted by Crippen LogP contribution is 2.15. The predicted molar refractivity (Wildman–Crippen MR) is 94.4 cm³/mol. The summed E-state index contributed by atoms with van der Waals surface area (Å²) in [4.78, 5) is 16.9. The van der Waals surface area contributed by atoms with Gasteiger partial charge in [-0.3, -0.25) is 14.4 Å². The SMILES string of the molecule is CCCC(C)(N)C(=O)N1CCCN(Cc2cnn(C)c2)CC1.Cl. The van der Waals surface area contributed by atoms with Crippen LogP contribution in [-0.4, -0.2) is 57.2 Å². The standard InChI is InChI=1S/C16H29N5O.ClH/c1-4-6-16(2,17)15(22)21-8-5-7-20(9-10-21)13-14-11-18-19(3)12-14;/h11-12H,4-10,13,17H2,1-3H3;1H. The molecule has 0 bridgehead atoms. The highest BCUT2D eigenvalue weighted by atomic mass is 35.5. The van der Waals surface area contributed by atoms with E-state index < -0.39 is 5.54 Å². The fourth-order valence-electron chi connectivity index (χ4n) is 3.13. The van der Waals surface area contributed by atoms with Gasteiger partial charge in [-0.25, -0.2) is 0 Å². The van der Waals surface area contributed by atoms with Crippen LogP contribution in [0.15, 0.2) is 12.4 Å². The number of rotatable bonds is 5. The Morgan fingerprint density at radius 1 is 1.35 bits per heavy atom. The maximum atomic E-state index is 12.6. The van der Waals surface area contributed by atoms with Crippen LogP contribution in [0.2, 0.25) is 0 Å². The molecule has 0 saturated carbocycles. The number of hydrogen-bond acceptors (Lipinski definition) is 4. The Morgan fingerprint density at radius 3 is 2.70 bits per heavy atom. The van der Waals surface area contributed by atoms with Gasteiger partial charge in [0.05, 0.1) is 11.7 Å². The predicted octanol–water partition coefficient (Wildman–Crippen LogP) is 1.39. The number of aryl methyl sites for hydroxylation is 1. The summed E-state index contributed by atoms with van der Waals surface area (Å²) < 4.78 is 1.83. The van der Waals surface area contributed by atoms with Gasteiger partial charge < -0.3 is 10.6 Å². The molecule has 1 saturated heterocycles. The van der Waals surface area contributed by atoms with E-state index in [9.17, 15) is 4.79 Å². The maximum absolute atomic E-state index is 12.6. The first-order valence-corrected chi connectivity index (χ1v) is 8.20. The van der Waals surface area contributed by atoms with Gasteiger partial charge in [0.15, 0.2) is 0 Å². The number of carbonyl (C=O) groups excluding carboxylic acids is 1. The lowest BCUT2D eigenvalue weighted by atomic mass is 9.95. The third kappa shape index (κ3) is 5.48. The van der Waals surface area contributed by atoms with Crippen LogP contribution in [0.4, 0.5) is 0 Å². The number of carbonyl (C=O) groups is 1. The first-order valence-electron chi connectivity index (χ1n) is 8.20. The molecule has 132 valence electrons. The monoisotopic (exact) mass is 343 g/mol. The number of hydrogen-bond donors (Lipinski definition) is 1. The lowest BCUT2D eigenvalue weighted by Crippen LogP contribution is -2.53. The van der Waals surface area contributed by atoms with E-state index in [-0.39, 0.29) is 18.3 Å². The summed E-state index contributed by atoms with van der Waals surface area (Å²) in [5.41, 5.74) is 6.69. The Bertz CT molecular complexity index is 502. The molecule has 23 heavy (non-hydrogen) atoms. The molecule has 0 spiro atoms. The number of amides is 1. The van der Waals surface area contributed by atoms with Crippen molar-refractivity contribution in [2.24, 2.45) is 12.8 Å². The lowest BCUT2D eigenvalue weighted by molar-refractivity contribution is -0.136. The highest BCUT2D eigenvalue weighted by Gasteiger charge is 2.32. The fourth-order valence-corrected chi connectivity index (χ4v) is 3.13. The van der Waals surface area contributed by atoms with Crippen molar-refractivity contribution in [3.8, 4) is 0 Å². The minimum Gasteiger partial charge on any atom is -0.340 e. The average Bonchev–Trinajstić information content (AvgIpc) is 2.72. The molecular formula is C16H30ClN5O. The van der Waals surface area contributed by atoms with Crippen LogP contribution in [0.3, 0.4) is 0 Å². The van der Waals surface area contributed by atoms with E-state index in [2.05, 4.69) is 16.9 Å². The Balaban J connectivity index is 0.00000264. The van der Waals surface area contributed by atoms with Gasteiger partial charge in [0, 0.05) is 51.5 Å². The van der Waals surface area contributed by atoms with Crippen LogP contribution < -0.4 is 5.73 Å². The van der Waals surface area contributed by atoms with E-state index in [1.54, 1.807) is 0 Å². The zero-order valence-corrected chi connectivity index (χ0v) is 15.3. The molecule has 1 aromatic rings. The topological polar surface area (TPSA) is 67.4 Å². The smallest absolute Gasteiger partial charge is 0.242 e. The van der Waals surface area contributed by atoms with Gasteiger partial charge in [-0.1, -0.05) is 13.3 Å². The molecular weight excluding hydrogens is 314 g/mol. The van der Waals surface area contributed by atoms with Crippen molar-refractivity contribution >= 4 is 18.3 Å². The summed E-state index contributed by atoms with van der Waals surface area (Å²) in [5.74, 6) is 0.0950. The van der Waals surface area contributed by atoms with Gasteiger partial charge in [-0.05, 0) is 19.8 Å². The van der Waals surface area contributed by atoms with Crippen LogP contribution in [0.5, 0.6) is 0 Å². The first kappa shape index (κ1) is 19.9. The van der Waals surface area contributed by atoms with E-state index in [1.807, 2.05) is 35.9 Å². The van der Waals surface area contributed by atoms with E-state index in [0.717, 1.165) is 52.0 Å². The average molecular weight is 344 g/mol. The van der Waals surface area contributed by atoms with Gasteiger partial charge in [-0.15, -0.1) is 12.4 Å². The molecule has 2 N–H and O–H groups in total. The minimum absolute atomic E-state index is 0. The third-order valence-corrected chi connectivity index (χ3v) is 4.30. The van der Waals surface area contributed by atoms with Crippen LogP contribution in [0.1, 0.15) is 38.7 Å². The molecule has 1 aliphatic heterocycles. The van der Waals surface area contributed by atoms with E-state index >= 15 is 0 Å². The van der Waals surface area contributed by atoms with Gasteiger partial charge in [0.2, 0.25) is 5.91 Å². The molecule has 2 heterocycles. The van der Waals surface area contributed by atoms with Crippen molar-refractivity contribution in [1.29, 1.82) is 0 Å². The molecule has 0 radical (unpaired) electrons. The second-order valence-corrected chi connectivity index (χ2v) is 6.61. The number of halogens is 1. The summed E-state index contributed by atoms with van der Waals surface area (Å²) in [6, 6.07) is 0. The molecule has 6 nitrogen and oxygen atoms in total. The molecule has 1 aromatic heterocycles. The molecule has 7 heteroatoms. The summed E-state index contributed by atoms with van der Waals surface area (Å²) in [7, 11) is 1.93. The van der Waals surface area contributed by atoms with Crippen molar-refractivity contribution in [3.05, 3.63) is 18.0 Å². The molecule has 2 rings (SSSR count). The minimum atomic E-state index is -0.729. The van der Waals surface area contributed by atoms with Crippen molar-refractivity contribution in [2.45, 2.75) is 45.2 Å². The first-order chi connectivity index (χ1) is 10.4. The molecule has 1 atom stereocenters. The molecule has 0 aromatic carbocycles. The largest absolute Gasteiger partial charge is 0.340 e. The number of aromatic nitrogens is 2. The molecule has 0 aliphatic carbocycles. The van der Waals surface area contributed by atoms with Crippen molar-refractivity contribution < 1.29 is 4.79 Å². The Kier molecular flexibility index (Phi) is 7.51. The van der Waals surface area contributed by atoms with Gasteiger partial charge in [-0.2, -0.15) is 5.10 Å². The van der Waals surface area contributed by atoms with Crippen LogP contribution in [-0.2, 0) is 18.4 Å². The molecule has 1 fully saturated rings. The van der Waals surface area contributed by atoms with E-state index in [1.165, 1.54) is 5.56 Å². The summed E-state index contributed by atoms with van der Waals surface area (Å²) in [6.07, 6.45) is 6.62. The summed E-state index contributed by atoms with van der Waals surface area (Å²) >= 11 is 0. The zero-order chi connectivity index (χ0) is 16.2. The van der Waals surface area contributed by atoms with Gasteiger partial charge in [0.1, 0.15) is 0 Å². The fraction of sp³-hybridized carbons (Fsp3) is 0.750. The van der Waals surface area contributed by atoms with E-state index in [0.29, 0.717) is 0 Å². The molecule has 1 aliphatic rings. The number of nitrogens with two attached hydrogens (primary N) is 1. The second-order valence-electron chi connectivity index (χ2n) is 6.61. The quantitative estimate of drug-likeness (QED) is 0.877. The second kappa shape index (κ2) is 8.66. The summed E-state index contributed by atoms with van der Waals surface area (Å²) in [6.45, 7) is 8.28. The van der Waals surface area contributed by atoms with Crippen molar-refractivity contribution in [1.82, 2.24) is 19.6 Å². The van der Waals surface area contributed by atoms with Gasteiger partial charge >= 0.3 is 0 Å². The van der Waals surface area contributed by atoms with Crippen LogP contribution in [0.25, 0.3) is 0 Å². The zero-order valence-electron chi connectivity index (χ0n) is 14.5. The van der Waals surface area contributed by atoms with E-state index in [4.69, 9.17) is 5.73 Å². The van der Waals surface area contributed by atoms with Crippen LogP contribution >= 0.6 is 12.4 Å². The molecule has 1 amide bonds. The van der Waals surface area contributed by atoms with Crippen LogP contribution in [0, 0.1) is 0 Å². The maximum Gasteiger partial charge on any atom is 0.242 e. The Labute approximate surface area is 145 Å². The van der Waals surface area contributed by atoms with Crippen molar-refractivity contribution in [2.75, 3.05) is 26.2 Å². The molecule has 1 unspecified atom stereocenters.